The van der Waals surface area contributed by atoms with Crippen LogP contribution in [0.2, 0.25) is 20.1 Å². The Balaban J connectivity index is 0.000000191. The molecule has 0 saturated carbocycles. The lowest BCUT2D eigenvalue weighted by Gasteiger charge is -2.20. The summed E-state index contributed by atoms with van der Waals surface area (Å²) in [4.78, 5) is 47.3. The van der Waals surface area contributed by atoms with Crippen molar-refractivity contribution in [1.82, 2.24) is 0 Å². The van der Waals surface area contributed by atoms with E-state index in [1.165, 1.54) is 106 Å². The van der Waals surface area contributed by atoms with Gasteiger partial charge in [-0.1, -0.05) is 58.5 Å². The van der Waals surface area contributed by atoms with Crippen LogP contribution in [0, 0.1) is 0 Å². The first-order valence-corrected chi connectivity index (χ1v) is 23.2. The highest BCUT2D eigenvalue weighted by atomic mass is 35.5. The number of carboxylic acid groups (broad SMARTS) is 2. The SMILES string of the molecule is O=C(O)c1ccc(NC(=O)c2ccc3c(c2)N(S(=O)(=O)c2cc(Cl)cc(Cl)c2)CC3)cc1.O=C(O)c1ccc(NC(=O)c2ccc3c(c2)N(S(=O)(=O)c2cc(Cl)cc(Cl)c2)CC3)cc1. The molecule has 2 aliphatic rings. The molecule has 328 valence electrons. The number of fused-ring (bicyclic) bond motifs is 2. The second kappa shape index (κ2) is 18.5. The van der Waals surface area contributed by atoms with Crippen molar-refractivity contribution in [2.45, 2.75) is 22.6 Å². The lowest BCUT2D eigenvalue weighted by Crippen LogP contribution is -2.29. The molecular formula is C44H32Cl4N4O10S2. The number of nitrogens with zero attached hydrogens (tertiary/aromatic N) is 2. The summed E-state index contributed by atoms with van der Waals surface area (Å²) in [5.74, 6) is -3.04. The van der Waals surface area contributed by atoms with Gasteiger partial charge in [-0.05, 0) is 133 Å². The Hall–Kier alpha value is -6.14. The van der Waals surface area contributed by atoms with Gasteiger partial charge in [0.15, 0.2) is 0 Å². The summed E-state index contributed by atoms with van der Waals surface area (Å²) in [6, 6.07) is 29.4. The molecule has 0 bridgehead atoms. The number of sulfonamides is 2. The van der Waals surface area contributed by atoms with Gasteiger partial charge in [0.05, 0.1) is 32.3 Å². The Labute approximate surface area is 386 Å². The van der Waals surface area contributed by atoms with E-state index in [0.717, 1.165) is 11.1 Å². The van der Waals surface area contributed by atoms with E-state index in [2.05, 4.69) is 10.6 Å². The van der Waals surface area contributed by atoms with Crippen molar-refractivity contribution in [3.63, 3.8) is 0 Å². The molecule has 0 fully saturated rings. The molecule has 6 aromatic carbocycles. The monoisotopic (exact) mass is 980 g/mol. The summed E-state index contributed by atoms with van der Waals surface area (Å²) in [5.41, 5.74) is 3.97. The summed E-state index contributed by atoms with van der Waals surface area (Å²) >= 11 is 23.9. The number of benzene rings is 6. The van der Waals surface area contributed by atoms with Crippen molar-refractivity contribution in [1.29, 1.82) is 0 Å². The molecule has 4 N–H and O–H groups in total. The number of hydrogen-bond acceptors (Lipinski definition) is 8. The van der Waals surface area contributed by atoms with Crippen LogP contribution in [0.1, 0.15) is 52.6 Å². The van der Waals surface area contributed by atoms with Gasteiger partial charge in [-0.25, -0.2) is 26.4 Å². The third kappa shape index (κ3) is 9.97. The maximum Gasteiger partial charge on any atom is 0.335 e. The van der Waals surface area contributed by atoms with Crippen molar-refractivity contribution in [3.8, 4) is 0 Å². The van der Waals surface area contributed by atoms with E-state index in [0.29, 0.717) is 35.6 Å². The topological polar surface area (TPSA) is 208 Å². The Morgan fingerprint density at radius 1 is 0.453 bits per heavy atom. The second-order valence-electron chi connectivity index (χ2n) is 14.2. The fraction of sp³-hybridized carbons (Fsp3) is 0.0909. The molecule has 0 aliphatic carbocycles. The van der Waals surface area contributed by atoms with E-state index in [9.17, 15) is 36.0 Å². The van der Waals surface area contributed by atoms with Crippen LogP contribution in [0.25, 0.3) is 0 Å². The van der Waals surface area contributed by atoms with Gasteiger partial charge in [0.25, 0.3) is 31.9 Å². The smallest absolute Gasteiger partial charge is 0.335 e. The fourth-order valence-electron chi connectivity index (χ4n) is 6.89. The molecule has 8 rings (SSSR count). The Morgan fingerprint density at radius 2 is 0.766 bits per heavy atom. The molecule has 20 heteroatoms. The first-order valence-electron chi connectivity index (χ1n) is 18.8. The summed E-state index contributed by atoms with van der Waals surface area (Å²) in [5, 5.41) is 24.1. The first-order chi connectivity index (χ1) is 30.3. The third-order valence-electron chi connectivity index (χ3n) is 10.0. The lowest BCUT2D eigenvalue weighted by atomic mass is 10.1. The number of halogens is 4. The largest absolute Gasteiger partial charge is 0.478 e. The highest BCUT2D eigenvalue weighted by Crippen LogP contribution is 2.37. The molecule has 0 saturated heterocycles. The van der Waals surface area contributed by atoms with Gasteiger partial charge in [0, 0.05) is 55.7 Å². The predicted molar refractivity (Wildman–Crippen MR) is 245 cm³/mol. The van der Waals surface area contributed by atoms with E-state index in [-0.39, 0.29) is 65.2 Å². The van der Waals surface area contributed by atoms with E-state index in [1.54, 1.807) is 24.3 Å². The zero-order valence-electron chi connectivity index (χ0n) is 32.8. The summed E-state index contributed by atoms with van der Waals surface area (Å²) in [7, 11) is -7.87. The van der Waals surface area contributed by atoms with Crippen LogP contribution < -0.4 is 19.2 Å². The second-order valence-corrected chi connectivity index (χ2v) is 19.7. The van der Waals surface area contributed by atoms with Crippen LogP contribution in [-0.4, -0.2) is 63.9 Å². The van der Waals surface area contributed by atoms with Gasteiger partial charge in [0.1, 0.15) is 0 Å². The fourth-order valence-corrected chi connectivity index (χ4v) is 11.3. The summed E-state index contributed by atoms with van der Waals surface area (Å²) < 4.78 is 55.4. The van der Waals surface area contributed by atoms with Gasteiger partial charge in [0.2, 0.25) is 0 Å². The number of hydrogen-bond donors (Lipinski definition) is 4. The number of carbonyl (C=O) groups is 4. The van der Waals surface area contributed by atoms with Crippen LogP contribution in [0.3, 0.4) is 0 Å². The van der Waals surface area contributed by atoms with E-state index >= 15 is 0 Å². The van der Waals surface area contributed by atoms with Gasteiger partial charge < -0.3 is 20.8 Å². The zero-order valence-corrected chi connectivity index (χ0v) is 37.4. The maximum atomic E-state index is 13.2. The normalized spacial score (nSPS) is 13.0. The number of rotatable bonds is 10. The van der Waals surface area contributed by atoms with Crippen molar-refractivity contribution in [2.75, 3.05) is 32.3 Å². The standard InChI is InChI=1S/2C22H16Cl2N2O5S/c2*23-16-10-17(24)12-19(11-16)32(30,31)26-8-7-13-1-2-15(9-20(13)26)21(27)25-18-5-3-14(4-6-18)22(28)29/h2*1-6,9-12H,7-8H2,(H,25,27)(H,28,29). The van der Waals surface area contributed by atoms with E-state index in [1.807, 2.05) is 0 Å². The molecule has 0 atom stereocenters. The molecule has 14 nitrogen and oxygen atoms in total. The van der Waals surface area contributed by atoms with E-state index in [4.69, 9.17) is 56.6 Å². The van der Waals surface area contributed by atoms with Crippen LogP contribution in [0.15, 0.2) is 131 Å². The van der Waals surface area contributed by atoms with Gasteiger partial charge in [-0.3, -0.25) is 18.2 Å². The van der Waals surface area contributed by atoms with Crippen LogP contribution in [0.4, 0.5) is 22.7 Å². The number of carboxylic acids is 2. The molecule has 0 spiro atoms. The van der Waals surface area contributed by atoms with Crippen molar-refractivity contribution < 1.29 is 46.2 Å². The van der Waals surface area contributed by atoms with Gasteiger partial charge in [-0.15, -0.1) is 0 Å². The average Bonchev–Trinajstić information content (AvgIpc) is 3.89. The minimum Gasteiger partial charge on any atom is -0.478 e. The Morgan fingerprint density at radius 3 is 1.08 bits per heavy atom. The number of carbonyl (C=O) groups excluding carboxylic acids is 2. The maximum absolute atomic E-state index is 13.2. The number of nitrogens with one attached hydrogen (secondary N) is 2. The molecule has 64 heavy (non-hydrogen) atoms. The van der Waals surface area contributed by atoms with Crippen LogP contribution in [0.5, 0.6) is 0 Å². The zero-order chi connectivity index (χ0) is 46.1. The summed E-state index contributed by atoms with van der Waals surface area (Å²) in [6.45, 7) is 0.451. The molecule has 2 aliphatic heterocycles. The minimum atomic E-state index is -3.93. The van der Waals surface area contributed by atoms with Crippen molar-refractivity contribution in [2.24, 2.45) is 0 Å². The van der Waals surface area contributed by atoms with Crippen LogP contribution >= 0.6 is 46.4 Å². The molecule has 6 aromatic rings. The highest BCUT2D eigenvalue weighted by Gasteiger charge is 2.33. The Bertz CT molecular complexity index is 2850. The predicted octanol–water partition coefficient (Wildman–Crippen LogP) is 9.39. The van der Waals surface area contributed by atoms with Gasteiger partial charge in [-0.2, -0.15) is 0 Å². The molecular weight excluding hydrogens is 950 g/mol. The first kappa shape index (κ1) is 45.9. The van der Waals surface area contributed by atoms with E-state index < -0.39 is 43.8 Å². The third-order valence-corrected chi connectivity index (χ3v) is 14.5. The number of amides is 2. The van der Waals surface area contributed by atoms with Crippen molar-refractivity contribution >= 4 is 113 Å². The molecule has 0 radical (unpaired) electrons. The average molecular weight is 983 g/mol. The number of anilines is 4. The molecule has 2 amide bonds. The summed E-state index contributed by atoms with van der Waals surface area (Å²) in [6.07, 6.45) is 1.00. The Kier molecular flexibility index (Phi) is 13.3. The molecule has 0 aromatic heterocycles. The highest BCUT2D eigenvalue weighted by molar-refractivity contribution is 7.93. The van der Waals surface area contributed by atoms with Gasteiger partial charge >= 0.3 is 11.9 Å². The number of aromatic carboxylic acids is 2. The molecule has 2 heterocycles. The van der Waals surface area contributed by atoms with Crippen LogP contribution in [-0.2, 0) is 32.9 Å². The van der Waals surface area contributed by atoms with Crippen molar-refractivity contribution in [3.05, 3.63) is 175 Å². The molecule has 0 unspecified atom stereocenters. The lowest BCUT2D eigenvalue weighted by molar-refractivity contribution is 0.0686. The minimum absolute atomic E-state index is 0.0313. The quantitative estimate of drug-likeness (QED) is 0.102.